The fourth-order valence-corrected chi connectivity index (χ4v) is 0.984. The van der Waals surface area contributed by atoms with E-state index in [0.717, 1.165) is 4.90 Å². The summed E-state index contributed by atoms with van der Waals surface area (Å²) < 4.78 is 4.98. The largest absolute Gasteiger partial charge is 0.465 e. The van der Waals surface area contributed by atoms with Crippen LogP contribution in [-0.2, 0) is 4.74 Å². The van der Waals surface area contributed by atoms with E-state index in [4.69, 9.17) is 14.9 Å². The third-order valence-electron chi connectivity index (χ3n) is 1.69. The molecule has 2 unspecified atom stereocenters. The summed E-state index contributed by atoms with van der Waals surface area (Å²) in [5.41, 5.74) is 0. The molecule has 0 aromatic carbocycles. The van der Waals surface area contributed by atoms with Gasteiger partial charge in [0.15, 0.2) is 0 Å². The molecule has 1 aliphatic rings. The van der Waals surface area contributed by atoms with E-state index in [1.807, 2.05) is 0 Å². The smallest absolute Gasteiger partial charge is 0.409 e. The zero-order valence-electron chi connectivity index (χ0n) is 6.23. The molecule has 2 atom stereocenters. The van der Waals surface area contributed by atoms with E-state index in [9.17, 15) is 4.79 Å². The standard InChI is InChI=1S/C6H11NO4/c1-7(6(9)10)5-2-4(8)3-11-5/h4-5,8H,2-3H2,1H3,(H,9,10). The predicted molar refractivity (Wildman–Crippen MR) is 36.2 cm³/mol. The number of rotatable bonds is 1. The molecule has 0 saturated carbocycles. The topological polar surface area (TPSA) is 70.0 Å². The van der Waals surface area contributed by atoms with Crippen LogP contribution in [0.2, 0.25) is 0 Å². The highest BCUT2D eigenvalue weighted by atomic mass is 16.5. The zero-order valence-corrected chi connectivity index (χ0v) is 6.23. The predicted octanol–water partition coefficient (Wildman–Crippen LogP) is -0.297. The van der Waals surface area contributed by atoms with Gasteiger partial charge in [0, 0.05) is 13.5 Å². The van der Waals surface area contributed by atoms with Crippen molar-refractivity contribution in [1.82, 2.24) is 4.90 Å². The quantitative estimate of drug-likeness (QED) is 0.554. The lowest BCUT2D eigenvalue weighted by Crippen LogP contribution is -2.35. The Kier molecular flexibility index (Phi) is 2.31. The van der Waals surface area contributed by atoms with E-state index in [1.165, 1.54) is 7.05 Å². The van der Waals surface area contributed by atoms with Crippen LogP contribution in [0.15, 0.2) is 0 Å². The lowest BCUT2D eigenvalue weighted by Gasteiger charge is -2.19. The van der Waals surface area contributed by atoms with E-state index < -0.39 is 18.4 Å². The molecular weight excluding hydrogens is 150 g/mol. The molecule has 0 bridgehead atoms. The molecule has 5 nitrogen and oxygen atoms in total. The van der Waals surface area contributed by atoms with E-state index in [2.05, 4.69) is 0 Å². The fourth-order valence-electron chi connectivity index (χ4n) is 0.984. The van der Waals surface area contributed by atoms with Crippen LogP contribution in [0.4, 0.5) is 4.79 Å². The highest BCUT2D eigenvalue weighted by Gasteiger charge is 2.29. The van der Waals surface area contributed by atoms with Gasteiger partial charge in [-0.15, -0.1) is 0 Å². The number of amides is 1. The normalized spacial score (nSPS) is 30.4. The molecule has 1 heterocycles. The van der Waals surface area contributed by atoms with Gasteiger partial charge in [-0.1, -0.05) is 0 Å². The molecule has 0 radical (unpaired) electrons. The number of aliphatic hydroxyl groups excluding tert-OH is 1. The van der Waals surface area contributed by atoms with Crippen LogP contribution in [0.1, 0.15) is 6.42 Å². The van der Waals surface area contributed by atoms with Gasteiger partial charge in [0.2, 0.25) is 0 Å². The number of carboxylic acid groups (broad SMARTS) is 1. The Bertz CT molecular complexity index is 161. The maximum Gasteiger partial charge on any atom is 0.409 e. The Morgan fingerprint density at radius 3 is 2.73 bits per heavy atom. The first kappa shape index (κ1) is 8.29. The van der Waals surface area contributed by atoms with Crippen LogP contribution in [0.25, 0.3) is 0 Å². The molecule has 0 aliphatic carbocycles. The lowest BCUT2D eigenvalue weighted by molar-refractivity contribution is 0.000901. The molecule has 0 aromatic heterocycles. The minimum atomic E-state index is -1.04. The summed E-state index contributed by atoms with van der Waals surface area (Å²) in [5, 5.41) is 17.5. The number of nitrogens with zero attached hydrogens (tertiary/aromatic N) is 1. The van der Waals surface area contributed by atoms with Crippen molar-refractivity contribution in [2.75, 3.05) is 13.7 Å². The number of ether oxygens (including phenoxy) is 1. The molecule has 5 heteroatoms. The van der Waals surface area contributed by atoms with Gasteiger partial charge in [0.1, 0.15) is 6.23 Å². The van der Waals surface area contributed by atoms with E-state index in [0.29, 0.717) is 6.42 Å². The molecule has 64 valence electrons. The molecule has 0 aromatic rings. The van der Waals surface area contributed by atoms with E-state index in [-0.39, 0.29) is 6.61 Å². The van der Waals surface area contributed by atoms with Gasteiger partial charge in [-0.2, -0.15) is 0 Å². The number of carbonyl (C=O) groups is 1. The summed E-state index contributed by atoms with van der Waals surface area (Å²) in [7, 11) is 1.42. The summed E-state index contributed by atoms with van der Waals surface area (Å²) in [5.74, 6) is 0. The van der Waals surface area contributed by atoms with Crippen molar-refractivity contribution < 1.29 is 19.7 Å². The van der Waals surface area contributed by atoms with Gasteiger partial charge in [-0.25, -0.2) is 4.79 Å². The van der Waals surface area contributed by atoms with E-state index >= 15 is 0 Å². The fraction of sp³-hybridized carbons (Fsp3) is 0.833. The average Bonchev–Trinajstić information content (AvgIpc) is 2.34. The van der Waals surface area contributed by atoms with Gasteiger partial charge in [-0.05, 0) is 0 Å². The lowest BCUT2D eigenvalue weighted by atomic mass is 10.3. The zero-order chi connectivity index (χ0) is 8.43. The second kappa shape index (κ2) is 3.06. The first-order chi connectivity index (χ1) is 5.11. The highest BCUT2D eigenvalue weighted by Crippen LogP contribution is 2.15. The molecule has 1 aliphatic heterocycles. The van der Waals surface area contributed by atoms with Crippen LogP contribution >= 0.6 is 0 Å². The summed E-state index contributed by atoms with van der Waals surface area (Å²) in [4.78, 5) is 11.4. The van der Waals surface area contributed by atoms with Crippen LogP contribution in [-0.4, -0.2) is 47.2 Å². The maximum atomic E-state index is 10.4. The average molecular weight is 161 g/mol. The molecular formula is C6H11NO4. The Morgan fingerprint density at radius 1 is 1.73 bits per heavy atom. The maximum absolute atomic E-state index is 10.4. The summed E-state index contributed by atoms with van der Waals surface area (Å²) >= 11 is 0. The second-order valence-electron chi connectivity index (χ2n) is 2.57. The monoisotopic (exact) mass is 161 g/mol. The molecule has 1 amide bonds. The van der Waals surface area contributed by atoms with Crippen molar-refractivity contribution >= 4 is 6.09 Å². The summed E-state index contributed by atoms with van der Waals surface area (Å²) in [6.45, 7) is 0.224. The first-order valence-corrected chi connectivity index (χ1v) is 3.36. The number of hydrogen-bond acceptors (Lipinski definition) is 3. The van der Waals surface area contributed by atoms with Gasteiger partial charge in [0.05, 0.1) is 12.7 Å². The van der Waals surface area contributed by atoms with Crippen molar-refractivity contribution in [2.45, 2.75) is 18.8 Å². The van der Waals surface area contributed by atoms with Crippen molar-refractivity contribution in [3.63, 3.8) is 0 Å². The minimum Gasteiger partial charge on any atom is -0.465 e. The number of aliphatic hydroxyl groups is 1. The molecule has 1 rings (SSSR count). The summed E-state index contributed by atoms with van der Waals surface area (Å²) in [6.07, 6.45) is -1.68. The Labute approximate surface area is 64.2 Å². The summed E-state index contributed by atoms with van der Waals surface area (Å²) in [6, 6.07) is 0. The van der Waals surface area contributed by atoms with Gasteiger partial charge >= 0.3 is 6.09 Å². The Hall–Kier alpha value is -0.810. The van der Waals surface area contributed by atoms with Crippen LogP contribution < -0.4 is 0 Å². The van der Waals surface area contributed by atoms with Crippen molar-refractivity contribution in [3.05, 3.63) is 0 Å². The third-order valence-corrected chi connectivity index (χ3v) is 1.69. The molecule has 1 saturated heterocycles. The minimum absolute atomic E-state index is 0.224. The number of hydrogen-bond donors (Lipinski definition) is 2. The van der Waals surface area contributed by atoms with E-state index in [1.54, 1.807) is 0 Å². The van der Waals surface area contributed by atoms with Gasteiger partial charge in [0.25, 0.3) is 0 Å². The second-order valence-corrected chi connectivity index (χ2v) is 2.57. The van der Waals surface area contributed by atoms with Gasteiger partial charge in [-0.3, -0.25) is 4.90 Å². The van der Waals surface area contributed by atoms with Crippen LogP contribution in [0, 0.1) is 0 Å². The Balaban J connectivity index is 2.43. The molecule has 1 fully saturated rings. The van der Waals surface area contributed by atoms with Crippen molar-refractivity contribution in [2.24, 2.45) is 0 Å². The molecule has 2 N–H and O–H groups in total. The van der Waals surface area contributed by atoms with Crippen LogP contribution in [0.5, 0.6) is 0 Å². The van der Waals surface area contributed by atoms with Crippen LogP contribution in [0.3, 0.4) is 0 Å². The van der Waals surface area contributed by atoms with Gasteiger partial charge < -0.3 is 14.9 Å². The first-order valence-electron chi connectivity index (χ1n) is 3.36. The van der Waals surface area contributed by atoms with Crippen molar-refractivity contribution in [1.29, 1.82) is 0 Å². The third kappa shape index (κ3) is 1.81. The van der Waals surface area contributed by atoms with Crippen molar-refractivity contribution in [3.8, 4) is 0 Å². The Morgan fingerprint density at radius 2 is 2.36 bits per heavy atom. The molecule has 11 heavy (non-hydrogen) atoms. The highest BCUT2D eigenvalue weighted by molar-refractivity contribution is 5.64. The SMILES string of the molecule is CN(C(=O)O)C1CC(O)CO1. The molecule has 0 spiro atoms.